The first-order chi connectivity index (χ1) is 29.6. The molecule has 6 aromatic carbocycles. The predicted molar refractivity (Wildman–Crippen MR) is 276 cm³/mol. The molecule has 2 unspecified atom stereocenters. The second-order valence-electron chi connectivity index (χ2n) is 24.4. The minimum absolute atomic E-state index is 0.00888. The Morgan fingerprint density at radius 2 is 1.30 bits per heavy atom. The molecule has 12 rings (SSSR count). The van der Waals surface area contributed by atoms with Crippen LogP contribution in [0, 0.1) is 6.92 Å². The third-order valence-corrected chi connectivity index (χ3v) is 18.8. The van der Waals surface area contributed by atoms with E-state index in [4.69, 9.17) is 0 Å². The van der Waals surface area contributed by atoms with Gasteiger partial charge in [0.2, 0.25) is 0 Å². The minimum atomic E-state index is -0.0391. The molecule has 63 heavy (non-hydrogen) atoms. The van der Waals surface area contributed by atoms with E-state index in [0.717, 1.165) is 0 Å². The second-order valence-corrected chi connectivity index (χ2v) is 25.5. The van der Waals surface area contributed by atoms with Crippen molar-refractivity contribution in [2.45, 2.75) is 161 Å². The Hall–Kier alpha value is -4.54. The molecule has 5 aliphatic rings. The average molecular weight is 845 g/mol. The summed E-state index contributed by atoms with van der Waals surface area (Å²) in [7, 11) is 0. The molecule has 2 atom stereocenters. The first-order valence-electron chi connectivity index (χ1n) is 24.1. The minimum Gasteiger partial charge on any atom is -0.376 e. The summed E-state index contributed by atoms with van der Waals surface area (Å²) in [6.07, 6.45) is 7.39. The van der Waals surface area contributed by atoms with Crippen LogP contribution in [-0.4, -0.2) is 12.4 Å². The van der Waals surface area contributed by atoms with Crippen molar-refractivity contribution in [3.8, 4) is 11.1 Å². The molecule has 0 spiro atoms. The van der Waals surface area contributed by atoms with Crippen molar-refractivity contribution >= 4 is 82.8 Å². The van der Waals surface area contributed by atoms with Crippen LogP contribution in [0.25, 0.3) is 42.1 Å². The molecule has 4 heteroatoms. The molecule has 0 amide bonds. The molecule has 3 aliphatic heterocycles. The lowest BCUT2D eigenvalue weighted by atomic mass is 9.42. The molecular formula is C59H65BN2S. The lowest BCUT2D eigenvalue weighted by Gasteiger charge is -2.53. The van der Waals surface area contributed by atoms with Crippen LogP contribution in [0.4, 0.5) is 22.7 Å². The summed E-state index contributed by atoms with van der Waals surface area (Å²) < 4.78 is 2.80. The molecular weight excluding hydrogens is 780 g/mol. The van der Waals surface area contributed by atoms with Gasteiger partial charge in [0.1, 0.15) is 0 Å². The first-order valence-corrected chi connectivity index (χ1v) is 25.0. The Morgan fingerprint density at radius 1 is 0.603 bits per heavy atom. The summed E-state index contributed by atoms with van der Waals surface area (Å²) >= 11 is 2.01. The molecule has 1 aromatic heterocycles. The van der Waals surface area contributed by atoms with Crippen LogP contribution in [0.2, 0.25) is 0 Å². The molecule has 1 saturated carbocycles. The number of nitrogens with zero attached hydrogens (tertiary/aromatic N) is 2. The van der Waals surface area contributed by atoms with Crippen molar-refractivity contribution < 1.29 is 0 Å². The zero-order valence-corrected chi connectivity index (χ0v) is 41.0. The number of rotatable bonds is 1. The fraction of sp³-hybridized carbons (Fsp3) is 0.424. The van der Waals surface area contributed by atoms with E-state index < -0.39 is 0 Å². The Balaban J connectivity index is 1.29. The molecule has 320 valence electrons. The van der Waals surface area contributed by atoms with Crippen LogP contribution >= 0.6 is 11.3 Å². The highest BCUT2D eigenvalue weighted by Gasteiger charge is 2.62. The summed E-state index contributed by atoms with van der Waals surface area (Å²) in [5.74, 6) is 0. The topological polar surface area (TPSA) is 6.48 Å². The van der Waals surface area contributed by atoms with Gasteiger partial charge in [0, 0.05) is 53.9 Å². The van der Waals surface area contributed by atoms with Crippen LogP contribution in [0.3, 0.4) is 0 Å². The van der Waals surface area contributed by atoms with Gasteiger partial charge >= 0.3 is 6.85 Å². The van der Waals surface area contributed by atoms with Crippen molar-refractivity contribution in [2.24, 2.45) is 0 Å². The lowest BCUT2D eigenvalue weighted by Crippen LogP contribution is -2.65. The van der Waals surface area contributed by atoms with E-state index in [-0.39, 0.29) is 39.5 Å². The van der Waals surface area contributed by atoms with Gasteiger partial charge in [-0.1, -0.05) is 144 Å². The lowest BCUT2D eigenvalue weighted by molar-refractivity contribution is 0.195. The Labute approximate surface area is 381 Å². The maximum Gasteiger partial charge on any atom is 0.333 e. The van der Waals surface area contributed by atoms with Crippen LogP contribution < -0.4 is 20.6 Å². The van der Waals surface area contributed by atoms with Gasteiger partial charge in [0.15, 0.2) is 0 Å². The number of anilines is 4. The van der Waals surface area contributed by atoms with Crippen molar-refractivity contribution in [3.05, 3.63) is 118 Å². The van der Waals surface area contributed by atoms with Crippen LogP contribution in [-0.2, 0) is 27.1 Å². The fourth-order valence-corrected chi connectivity index (χ4v) is 14.7. The van der Waals surface area contributed by atoms with Gasteiger partial charge < -0.3 is 9.71 Å². The van der Waals surface area contributed by atoms with Crippen molar-refractivity contribution in [1.82, 2.24) is 0 Å². The quantitative estimate of drug-likeness (QED) is 0.152. The summed E-state index contributed by atoms with van der Waals surface area (Å²) in [4.78, 5) is 5.80. The van der Waals surface area contributed by atoms with E-state index >= 15 is 0 Å². The highest BCUT2D eigenvalue weighted by atomic mass is 32.1. The number of benzene rings is 6. The van der Waals surface area contributed by atoms with Gasteiger partial charge in [-0.15, -0.1) is 11.3 Å². The average Bonchev–Trinajstić information content (AvgIpc) is 3.70. The van der Waals surface area contributed by atoms with Gasteiger partial charge in [-0.3, -0.25) is 0 Å². The molecule has 0 radical (unpaired) electrons. The van der Waals surface area contributed by atoms with E-state index in [2.05, 4.69) is 185 Å². The third kappa shape index (κ3) is 5.14. The molecule has 4 heterocycles. The van der Waals surface area contributed by atoms with E-state index in [1.807, 2.05) is 11.3 Å². The molecule has 2 aliphatic carbocycles. The highest BCUT2D eigenvalue weighted by Crippen LogP contribution is 2.64. The maximum atomic E-state index is 2.92. The molecule has 2 nitrogen and oxygen atoms in total. The molecule has 0 N–H and O–H groups in total. The zero-order chi connectivity index (χ0) is 44.1. The highest BCUT2D eigenvalue weighted by molar-refractivity contribution is 7.26. The number of thiophene rings is 1. The van der Waals surface area contributed by atoms with E-state index in [9.17, 15) is 0 Å². The monoisotopic (exact) mass is 844 g/mol. The van der Waals surface area contributed by atoms with Gasteiger partial charge in [0.25, 0.3) is 0 Å². The van der Waals surface area contributed by atoms with Gasteiger partial charge in [0.05, 0.1) is 5.54 Å². The first kappa shape index (κ1) is 40.0. The molecule has 7 aromatic rings. The molecule has 1 fully saturated rings. The summed E-state index contributed by atoms with van der Waals surface area (Å²) in [6, 6.07) is 35.0. The van der Waals surface area contributed by atoms with Gasteiger partial charge in [-0.25, -0.2) is 0 Å². The predicted octanol–water partition coefficient (Wildman–Crippen LogP) is 15.4. The van der Waals surface area contributed by atoms with Crippen LogP contribution in [0.5, 0.6) is 0 Å². The van der Waals surface area contributed by atoms with Crippen molar-refractivity contribution in [3.63, 3.8) is 0 Å². The Kier molecular flexibility index (Phi) is 7.89. The smallest absolute Gasteiger partial charge is 0.333 e. The third-order valence-electron chi connectivity index (χ3n) is 17.6. The number of aryl methyl sites for hydroxylation is 1. The fourth-order valence-electron chi connectivity index (χ4n) is 13.5. The van der Waals surface area contributed by atoms with E-state index in [0.29, 0.717) is 0 Å². The van der Waals surface area contributed by atoms with Gasteiger partial charge in [-0.2, -0.15) is 0 Å². The zero-order valence-electron chi connectivity index (χ0n) is 40.2. The molecule has 0 saturated heterocycles. The standard InChI is InChI=1S/C59H65BN2S/c1-34-28-36(54(2,3)4)20-22-45(34)62-52-39(21-23-47-50(52)40-32-41-42(33-48(40)63-47)57(10,11)27-26-56(41,8)9)49-38-19-15-14-18-35(38)29-46-51(49)60(62)44-31-37(55(5,6)7)30-43-53(44)61(46)59(13)25-17-16-24-58(43,59)12/h14-15,18-23,28-33H,16-17,24-27H2,1-13H3. The Morgan fingerprint density at radius 3 is 2.02 bits per heavy atom. The summed E-state index contributed by atoms with van der Waals surface area (Å²) in [6.45, 7) is 31.9. The molecule has 0 bridgehead atoms. The van der Waals surface area contributed by atoms with Crippen molar-refractivity contribution in [1.29, 1.82) is 0 Å². The maximum absolute atomic E-state index is 2.92. The van der Waals surface area contributed by atoms with Crippen LogP contribution in [0.1, 0.15) is 155 Å². The SMILES string of the molecule is Cc1cc(C(C)(C)C)ccc1N1B2c3cc(C(C)(C)C)cc4c3N(c3cc5ccccc5c(c32)-c2ccc3sc5cc6c(cc5c3c21)C(C)(C)CCC6(C)C)C1(C)CCCCC41C. The largest absolute Gasteiger partial charge is 0.376 e. The Bertz CT molecular complexity index is 3170. The number of fused-ring (bicyclic) bond motifs is 14. The second kappa shape index (κ2) is 12.4. The van der Waals surface area contributed by atoms with Crippen LogP contribution in [0.15, 0.2) is 84.9 Å². The normalized spacial score (nSPS) is 22.9. The van der Waals surface area contributed by atoms with E-state index in [1.165, 1.54) is 137 Å². The van der Waals surface area contributed by atoms with Gasteiger partial charge in [-0.05, 0) is 152 Å². The number of hydrogen-bond acceptors (Lipinski definition) is 3. The summed E-state index contributed by atoms with van der Waals surface area (Å²) in [5, 5.41) is 5.55. The van der Waals surface area contributed by atoms with Crippen molar-refractivity contribution in [2.75, 3.05) is 9.71 Å². The number of hydrogen-bond donors (Lipinski definition) is 0. The van der Waals surface area contributed by atoms with E-state index in [1.54, 1.807) is 11.1 Å². The summed E-state index contributed by atoms with van der Waals surface area (Å²) in [5.41, 5.74) is 20.5.